The summed E-state index contributed by atoms with van der Waals surface area (Å²) in [7, 11) is 0. The molecule has 1 heterocycles. The molecule has 0 saturated carbocycles. The number of nitrogens with one attached hydrogen (secondary N) is 1. The molecule has 1 aromatic heterocycles. The number of hydrogen-bond acceptors (Lipinski definition) is 2. The van der Waals surface area contributed by atoms with Crippen LogP contribution >= 0.6 is 0 Å². The molecule has 2 rings (SSSR count). The lowest BCUT2D eigenvalue weighted by molar-refractivity contribution is -0.113. The maximum atomic E-state index is 11.6. The minimum Gasteiger partial charge on any atom is -0.402 e. The molecule has 0 aliphatic rings. The summed E-state index contributed by atoms with van der Waals surface area (Å²) in [6.07, 6.45) is 7.34. The van der Waals surface area contributed by atoms with E-state index in [2.05, 4.69) is 23.7 Å². The van der Waals surface area contributed by atoms with Gasteiger partial charge in [-0.15, -0.1) is 0 Å². The van der Waals surface area contributed by atoms with E-state index in [1.165, 1.54) is 12.3 Å². The van der Waals surface area contributed by atoms with E-state index in [1.54, 1.807) is 19.1 Å². The molecule has 0 aliphatic carbocycles. The van der Waals surface area contributed by atoms with Crippen molar-refractivity contribution in [2.24, 2.45) is 5.73 Å². The highest BCUT2D eigenvalue weighted by atomic mass is 16.1. The fraction of sp³-hybridized carbons (Fsp3) is 0.150. The molecule has 0 bridgehead atoms. The number of aromatic amines is 1. The predicted molar refractivity (Wildman–Crippen MR) is 97.9 cm³/mol. The van der Waals surface area contributed by atoms with Gasteiger partial charge in [-0.25, -0.2) is 0 Å². The molecule has 3 nitrogen and oxygen atoms in total. The number of allylic oxidation sites excluding steroid dienone is 6. The van der Waals surface area contributed by atoms with E-state index < -0.39 is 0 Å². The number of ketones is 1. The SMILES string of the molecule is C=C(/C=C\c1c(C)[nH]c2ccccc12)/C=C(\C=C(/C)N)C(C)=O. The van der Waals surface area contributed by atoms with Gasteiger partial charge < -0.3 is 10.7 Å². The van der Waals surface area contributed by atoms with E-state index in [-0.39, 0.29) is 5.78 Å². The molecule has 118 valence electrons. The number of fused-ring (bicyclic) bond motifs is 1. The number of aromatic nitrogens is 1. The van der Waals surface area contributed by atoms with E-state index in [0.717, 1.165) is 22.3 Å². The Bertz CT molecular complexity index is 844. The zero-order valence-electron chi connectivity index (χ0n) is 13.8. The predicted octanol–water partition coefficient (Wildman–Crippen LogP) is 4.42. The molecular formula is C20H22N2O. The summed E-state index contributed by atoms with van der Waals surface area (Å²) in [5, 5.41) is 1.17. The fourth-order valence-electron chi connectivity index (χ4n) is 2.44. The Morgan fingerprint density at radius 2 is 1.91 bits per heavy atom. The van der Waals surface area contributed by atoms with Gasteiger partial charge in [-0.2, -0.15) is 0 Å². The van der Waals surface area contributed by atoms with Crippen molar-refractivity contribution < 1.29 is 4.79 Å². The second-order valence-corrected chi connectivity index (χ2v) is 5.66. The van der Waals surface area contributed by atoms with Gasteiger partial charge in [-0.1, -0.05) is 36.9 Å². The number of hydrogen-bond donors (Lipinski definition) is 2. The van der Waals surface area contributed by atoms with Crippen LogP contribution in [0.25, 0.3) is 17.0 Å². The van der Waals surface area contributed by atoms with E-state index in [9.17, 15) is 4.79 Å². The van der Waals surface area contributed by atoms with Crippen molar-refractivity contribution in [2.75, 3.05) is 0 Å². The minimum absolute atomic E-state index is 0.0346. The van der Waals surface area contributed by atoms with Crippen LogP contribution in [0, 0.1) is 6.92 Å². The first kappa shape index (κ1) is 16.6. The van der Waals surface area contributed by atoms with Crippen molar-refractivity contribution >= 4 is 22.8 Å². The first-order chi connectivity index (χ1) is 10.9. The van der Waals surface area contributed by atoms with Crippen LogP contribution < -0.4 is 5.73 Å². The molecule has 0 atom stereocenters. The molecule has 0 saturated heterocycles. The largest absolute Gasteiger partial charge is 0.402 e. The summed E-state index contributed by atoms with van der Waals surface area (Å²) in [5.41, 5.74) is 10.9. The Labute approximate surface area is 136 Å². The summed E-state index contributed by atoms with van der Waals surface area (Å²) in [6.45, 7) is 9.31. The van der Waals surface area contributed by atoms with E-state index in [0.29, 0.717) is 11.3 Å². The maximum absolute atomic E-state index is 11.6. The third kappa shape index (κ3) is 4.10. The highest BCUT2D eigenvalue weighted by Crippen LogP contribution is 2.23. The summed E-state index contributed by atoms with van der Waals surface area (Å²) in [4.78, 5) is 15.0. The molecule has 0 aliphatic heterocycles. The maximum Gasteiger partial charge on any atom is 0.159 e. The average Bonchev–Trinajstić information content (AvgIpc) is 2.79. The number of benzene rings is 1. The van der Waals surface area contributed by atoms with Crippen LogP contribution in [-0.4, -0.2) is 10.8 Å². The Balaban J connectivity index is 2.31. The van der Waals surface area contributed by atoms with Crippen molar-refractivity contribution in [2.45, 2.75) is 20.8 Å². The molecule has 2 aromatic rings. The highest BCUT2D eigenvalue weighted by Gasteiger charge is 2.05. The third-order valence-electron chi connectivity index (χ3n) is 3.54. The number of carbonyl (C=O) groups excluding carboxylic acids is 1. The number of Topliss-reactive ketones (excluding diaryl/α,β-unsaturated/α-hetero) is 1. The van der Waals surface area contributed by atoms with Crippen molar-refractivity contribution in [3.63, 3.8) is 0 Å². The van der Waals surface area contributed by atoms with Crippen LogP contribution in [0.5, 0.6) is 0 Å². The van der Waals surface area contributed by atoms with Crippen LogP contribution in [-0.2, 0) is 4.79 Å². The molecule has 0 spiro atoms. The Morgan fingerprint density at radius 1 is 1.22 bits per heavy atom. The zero-order chi connectivity index (χ0) is 17.0. The van der Waals surface area contributed by atoms with Crippen molar-refractivity contribution in [1.29, 1.82) is 0 Å². The fourth-order valence-corrected chi connectivity index (χ4v) is 2.44. The molecule has 0 unspecified atom stereocenters. The van der Waals surface area contributed by atoms with Gasteiger partial charge >= 0.3 is 0 Å². The van der Waals surface area contributed by atoms with Gasteiger partial charge in [0, 0.05) is 33.4 Å². The number of nitrogens with two attached hydrogens (primary N) is 1. The van der Waals surface area contributed by atoms with E-state index >= 15 is 0 Å². The Morgan fingerprint density at radius 3 is 2.57 bits per heavy atom. The van der Waals surface area contributed by atoms with Gasteiger partial charge in [0.15, 0.2) is 5.78 Å². The lowest BCUT2D eigenvalue weighted by Gasteiger charge is -1.99. The zero-order valence-corrected chi connectivity index (χ0v) is 13.8. The van der Waals surface area contributed by atoms with Crippen LogP contribution in [0.3, 0.4) is 0 Å². The lowest BCUT2D eigenvalue weighted by atomic mass is 10.1. The number of rotatable bonds is 5. The summed E-state index contributed by atoms with van der Waals surface area (Å²) >= 11 is 0. The first-order valence-corrected chi connectivity index (χ1v) is 7.49. The smallest absolute Gasteiger partial charge is 0.159 e. The summed E-state index contributed by atoms with van der Waals surface area (Å²) in [5.74, 6) is -0.0346. The second-order valence-electron chi connectivity index (χ2n) is 5.66. The van der Waals surface area contributed by atoms with Gasteiger partial charge in [0.05, 0.1) is 0 Å². The molecule has 1 aromatic carbocycles. The van der Waals surface area contributed by atoms with E-state index in [1.807, 2.05) is 31.2 Å². The molecule has 0 radical (unpaired) electrons. The molecule has 23 heavy (non-hydrogen) atoms. The topological polar surface area (TPSA) is 58.9 Å². The third-order valence-corrected chi connectivity index (χ3v) is 3.54. The number of aryl methyl sites for hydroxylation is 1. The average molecular weight is 306 g/mol. The van der Waals surface area contributed by atoms with Gasteiger partial charge in [0.2, 0.25) is 0 Å². The normalized spacial score (nSPS) is 13.0. The van der Waals surface area contributed by atoms with Crippen LogP contribution in [0.15, 0.2) is 65.9 Å². The van der Waals surface area contributed by atoms with Gasteiger partial charge in [0.1, 0.15) is 0 Å². The van der Waals surface area contributed by atoms with Crippen molar-refractivity contribution in [1.82, 2.24) is 4.98 Å². The molecule has 3 N–H and O–H groups in total. The van der Waals surface area contributed by atoms with E-state index in [4.69, 9.17) is 5.73 Å². The minimum atomic E-state index is -0.0346. The van der Waals surface area contributed by atoms with Crippen LogP contribution in [0.2, 0.25) is 0 Å². The second kappa shape index (κ2) is 6.97. The Hall–Kier alpha value is -2.81. The van der Waals surface area contributed by atoms with Gasteiger partial charge in [0.25, 0.3) is 0 Å². The molecule has 0 fully saturated rings. The molecule has 3 heteroatoms. The standard InChI is InChI=1S/C20H22N2O/c1-13(11-17(16(4)23)12-14(2)21)9-10-18-15(3)22-20-8-6-5-7-19(18)20/h5-12,22H,1,21H2,2-4H3/b10-9-,14-12+,17-11+. The van der Waals surface area contributed by atoms with Gasteiger partial charge in [-0.3, -0.25) is 4.79 Å². The summed E-state index contributed by atoms with van der Waals surface area (Å²) in [6, 6.07) is 8.16. The van der Waals surface area contributed by atoms with Gasteiger partial charge in [-0.05, 0) is 44.6 Å². The molecular weight excluding hydrogens is 284 g/mol. The number of H-pyrrole nitrogens is 1. The van der Waals surface area contributed by atoms with Crippen LogP contribution in [0.1, 0.15) is 25.1 Å². The lowest BCUT2D eigenvalue weighted by Crippen LogP contribution is -1.98. The molecule has 0 amide bonds. The van der Waals surface area contributed by atoms with Crippen molar-refractivity contribution in [3.8, 4) is 0 Å². The van der Waals surface area contributed by atoms with Crippen molar-refractivity contribution in [3.05, 3.63) is 77.2 Å². The number of carbonyl (C=O) groups is 1. The summed E-state index contributed by atoms with van der Waals surface area (Å²) < 4.78 is 0. The van der Waals surface area contributed by atoms with Crippen LogP contribution in [0.4, 0.5) is 0 Å². The first-order valence-electron chi connectivity index (χ1n) is 7.49. The Kier molecular flexibility index (Phi) is 5.02. The quantitative estimate of drug-likeness (QED) is 0.634. The number of para-hydroxylation sites is 1. The highest BCUT2D eigenvalue weighted by molar-refractivity contribution is 5.97. The monoisotopic (exact) mass is 306 g/mol.